The zero-order valence-electron chi connectivity index (χ0n) is 16.5. The predicted molar refractivity (Wildman–Crippen MR) is 108 cm³/mol. The van der Waals surface area contributed by atoms with E-state index in [4.69, 9.17) is 9.97 Å². The predicted octanol–water partition coefficient (Wildman–Crippen LogP) is 3.52. The van der Waals surface area contributed by atoms with Crippen LogP contribution in [0.3, 0.4) is 0 Å². The van der Waals surface area contributed by atoms with Crippen LogP contribution in [0.5, 0.6) is 0 Å². The molecule has 1 aromatic carbocycles. The third kappa shape index (κ3) is 3.55. The minimum Gasteiger partial charge on any atom is -0.353 e. The van der Waals surface area contributed by atoms with Crippen molar-refractivity contribution in [1.29, 1.82) is 0 Å². The smallest absolute Gasteiger partial charge is 0.225 e. The van der Waals surface area contributed by atoms with Crippen molar-refractivity contribution in [2.24, 2.45) is 5.92 Å². The molecule has 1 amide bonds. The van der Waals surface area contributed by atoms with Crippen molar-refractivity contribution in [2.45, 2.75) is 40.0 Å². The minimum atomic E-state index is 0.285. The van der Waals surface area contributed by atoms with Crippen LogP contribution in [0.2, 0.25) is 0 Å². The second kappa shape index (κ2) is 7.29. The number of benzene rings is 1. The van der Waals surface area contributed by atoms with Crippen LogP contribution in [-0.4, -0.2) is 47.0 Å². The molecule has 1 aromatic heterocycles. The fourth-order valence-electron chi connectivity index (χ4n) is 3.81. The first kappa shape index (κ1) is 18.0. The van der Waals surface area contributed by atoms with Crippen LogP contribution in [0.15, 0.2) is 24.3 Å². The molecule has 0 unspecified atom stereocenters. The highest BCUT2D eigenvalue weighted by Gasteiger charge is 2.31. The number of anilines is 1. The van der Waals surface area contributed by atoms with Gasteiger partial charge in [-0.15, -0.1) is 0 Å². The molecule has 0 N–H and O–H groups in total. The molecule has 1 saturated carbocycles. The van der Waals surface area contributed by atoms with Gasteiger partial charge in [0.25, 0.3) is 0 Å². The lowest BCUT2D eigenvalue weighted by atomic mass is 9.84. The third-order valence-electron chi connectivity index (χ3n) is 6.02. The average Bonchev–Trinajstić information content (AvgIpc) is 2.63. The van der Waals surface area contributed by atoms with Gasteiger partial charge in [0.2, 0.25) is 5.91 Å². The molecule has 2 aliphatic rings. The van der Waals surface area contributed by atoms with Gasteiger partial charge in [-0.1, -0.05) is 36.2 Å². The molecule has 2 fully saturated rings. The van der Waals surface area contributed by atoms with Crippen LogP contribution in [0.1, 0.15) is 36.1 Å². The fourth-order valence-corrected chi connectivity index (χ4v) is 3.81. The maximum atomic E-state index is 12.5. The molecule has 1 aliphatic heterocycles. The molecule has 0 bridgehead atoms. The Morgan fingerprint density at radius 3 is 2.22 bits per heavy atom. The molecule has 4 rings (SSSR count). The second-order valence-corrected chi connectivity index (χ2v) is 7.89. The standard InChI is InChI=1S/C22H28N4O/c1-15-7-9-18(10-8-15)20-23-17(3)16(2)21(24-20)25-11-13-26(14-12-25)22(27)19-5-4-6-19/h7-10,19H,4-6,11-14H2,1-3H3. The van der Waals surface area contributed by atoms with E-state index in [1.54, 1.807) is 0 Å². The highest BCUT2D eigenvalue weighted by atomic mass is 16.2. The van der Waals surface area contributed by atoms with Gasteiger partial charge in [0.05, 0.1) is 0 Å². The summed E-state index contributed by atoms with van der Waals surface area (Å²) in [6.07, 6.45) is 3.35. The van der Waals surface area contributed by atoms with E-state index in [9.17, 15) is 4.79 Å². The Morgan fingerprint density at radius 2 is 1.63 bits per heavy atom. The van der Waals surface area contributed by atoms with E-state index in [2.05, 4.69) is 49.9 Å². The quantitative estimate of drug-likeness (QED) is 0.836. The number of rotatable bonds is 3. The van der Waals surface area contributed by atoms with Crippen LogP contribution >= 0.6 is 0 Å². The second-order valence-electron chi connectivity index (χ2n) is 7.89. The summed E-state index contributed by atoms with van der Waals surface area (Å²) in [6.45, 7) is 9.48. The Bertz CT molecular complexity index is 834. The van der Waals surface area contributed by atoms with Gasteiger partial charge in [-0.3, -0.25) is 4.79 Å². The van der Waals surface area contributed by atoms with Gasteiger partial charge in [0.15, 0.2) is 5.82 Å². The van der Waals surface area contributed by atoms with Gasteiger partial charge in [0.1, 0.15) is 5.82 Å². The number of amides is 1. The zero-order chi connectivity index (χ0) is 19.0. The first-order valence-electron chi connectivity index (χ1n) is 9.99. The number of hydrogen-bond acceptors (Lipinski definition) is 4. The van der Waals surface area contributed by atoms with Crippen molar-refractivity contribution >= 4 is 11.7 Å². The first-order chi connectivity index (χ1) is 13.0. The first-order valence-corrected chi connectivity index (χ1v) is 9.99. The highest BCUT2D eigenvalue weighted by molar-refractivity contribution is 5.80. The van der Waals surface area contributed by atoms with Crippen LogP contribution in [0.25, 0.3) is 11.4 Å². The Kier molecular flexibility index (Phi) is 4.85. The summed E-state index contributed by atoms with van der Waals surface area (Å²) in [5, 5.41) is 0. The van der Waals surface area contributed by atoms with Gasteiger partial charge >= 0.3 is 0 Å². The van der Waals surface area contributed by atoms with Crippen molar-refractivity contribution in [1.82, 2.24) is 14.9 Å². The molecule has 142 valence electrons. The molecule has 5 heteroatoms. The number of aromatic nitrogens is 2. The molecule has 1 aliphatic carbocycles. The van der Waals surface area contributed by atoms with E-state index in [1.165, 1.54) is 12.0 Å². The highest BCUT2D eigenvalue weighted by Crippen LogP contribution is 2.30. The van der Waals surface area contributed by atoms with E-state index < -0.39 is 0 Å². The van der Waals surface area contributed by atoms with Gasteiger partial charge in [-0.25, -0.2) is 9.97 Å². The van der Waals surface area contributed by atoms with Crippen LogP contribution < -0.4 is 4.90 Å². The van der Waals surface area contributed by atoms with Crippen molar-refractivity contribution in [2.75, 3.05) is 31.1 Å². The molecule has 27 heavy (non-hydrogen) atoms. The number of hydrogen-bond donors (Lipinski definition) is 0. The number of carbonyl (C=O) groups excluding carboxylic acids is 1. The van der Waals surface area contributed by atoms with Crippen molar-refractivity contribution < 1.29 is 4.79 Å². The molecule has 2 heterocycles. The minimum absolute atomic E-state index is 0.285. The largest absolute Gasteiger partial charge is 0.353 e. The van der Waals surface area contributed by atoms with E-state index in [-0.39, 0.29) is 5.92 Å². The molecule has 2 aromatic rings. The molecule has 0 radical (unpaired) electrons. The van der Waals surface area contributed by atoms with E-state index in [0.29, 0.717) is 5.91 Å². The van der Waals surface area contributed by atoms with Crippen molar-refractivity contribution in [3.05, 3.63) is 41.1 Å². The van der Waals surface area contributed by atoms with Crippen molar-refractivity contribution in [3.8, 4) is 11.4 Å². The Hall–Kier alpha value is -2.43. The Labute approximate surface area is 161 Å². The van der Waals surface area contributed by atoms with Crippen LogP contribution in [0.4, 0.5) is 5.82 Å². The molecule has 0 spiro atoms. The maximum absolute atomic E-state index is 12.5. The SMILES string of the molecule is Cc1ccc(-c2nc(C)c(C)c(N3CCN(C(=O)C4CCC4)CC3)n2)cc1. The molecular weight excluding hydrogens is 336 g/mol. The summed E-state index contributed by atoms with van der Waals surface area (Å²) in [5.41, 5.74) is 4.42. The van der Waals surface area contributed by atoms with Crippen LogP contribution in [-0.2, 0) is 4.79 Å². The molecule has 5 nitrogen and oxygen atoms in total. The van der Waals surface area contributed by atoms with E-state index in [0.717, 1.165) is 67.5 Å². The van der Waals surface area contributed by atoms with Gasteiger partial charge in [0, 0.05) is 48.9 Å². The normalized spacial score (nSPS) is 17.7. The monoisotopic (exact) mass is 364 g/mol. The lowest BCUT2D eigenvalue weighted by Gasteiger charge is -2.39. The van der Waals surface area contributed by atoms with E-state index >= 15 is 0 Å². The number of piperazine rings is 1. The lowest BCUT2D eigenvalue weighted by molar-refractivity contribution is -0.138. The van der Waals surface area contributed by atoms with Gasteiger partial charge in [-0.2, -0.15) is 0 Å². The van der Waals surface area contributed by atoms with Crippen molar-refractivity contribution in [3.63, 3.8) is 0 Å². The van der Waals surface area contributed by atoms with Gasteiger partial charge in [-0.05, 0) is 33.6 Å². The Balaban J connectivity index is 1.53. The maximum Gasteiger partial charge on any atom is 0.225 e. The Morgan fingerprint density at radius 1 is 0.963 bits per heavy atom. The number of aryl methyl sites for hydroxylation is 2. The summed E-state index contributed by atoms with van der Waals surface area (Å²) in [4.78, 5) is 26.5. The topological polar surface area (TPSA) is 49.3 Å². The van der Waals surface area contributed by atoms with E-state index in [1.807, 2.05) is 4.90 Å². The van der Waals surface area contributed by atoms with Gasteiger partial charge < -0.3 is 9.80 Å². The lowest BCUT2D eigenvalue weighted by Crippen LogP contribution is -2.51. The summed E-state index contributed by atoms with van der Waals surface area (Å²) in [6, 6.07) is 8.35. The average molecular weight is 364 g/mol. The van der Waals surface area contributed by atoms with Crippen LogP contribution in [0, 0.1) is 26.7 Å². The molecular formula is C22H28N4O. The molecule has 0 atom stereocenters. The fraction of sp³-hybridized carbons (Fsp3) is 0.500. The number of nitrogens with zero attached hydrogens (tertiary/aromatic N) is 4. The number of carbonyl (C=O) groups is 1. The third-order valence-corrected chi connectivity index (χ3v) is 6.02. The summed E-state index contributed by atoms with van der Waals surface area (Å²) < 4.78 is 0. The zero-order valence-corrected chi connectivity index (χ0v) is 16.5. The summed E-state index contributed by atoms with van der Waals surface area (Å²) in [5.74, 6) is 2.43. The summed E-state index contributed by atoms with van der Waals surface area (Å²) >= 11 is 0. The molecule has 1 saturated heterocycles. The summed E-state index contributed by atoms with van der Waals surface area (Å²) in [7, 11) is 0.